The molecule has 21 heavy (non-hydrogen) atoms. The highest BCUT2D eigenvalue weighted by atomic mass is 32.2. The van der Waals surface area contributed by atoms with Gasteiger partial charge in [-0.1, -0.05) is 31.0 Å². The molecule has 1 fully saturated rings. The van der Waals surface area contributed by atoms with E-state index in [-0.39, 0.29) is 29.2 Å². The van der Waals surface area contributed by atoms with Crippen molar-refractivity contribution in [1.29, 1.82) is 0 Å². The summed E-state index contributed by atoms with van der Waals surface area (Å²) in [6.45, 7) is 0.275. The van der Waals surface area contributed by atoms with Gasteiger partial charge in [0, 0.05) is 6.54 Å². The Kier molecular flexibility index (Phi) is 5.36. The summed E-state index contributed by atoms with van der Waals surface area (Å²) in [4.78, 5) is 12.0. The molecular formula is C15H21NO4S. The van der Waals surface area contributed by atoms with E-state index >= 15 is 0 Å². The van der Waals surface area contributed by atoms with E-state index in [9.17, 15) is 13.2 Å². The van der Waals surface area contributed by atoms with Crippen molar-refractivity contribution in [2.24, 2.45) is 11.8 Å². The van der Waals surface area contributed by atoms with Gasteiger partial charge >= 0.3 is 5.97 Å². The van der Waals surface area contributed by atoms with Crippen molar-refractivity contribution < 1.29 is 17.9 Å². The summed E-state index contributed by atoms with van der Waals surface area (Å²) in [6.07, 6.45) is 3.62. The summed E-state index contributed by atoms with van der Waals surface area (Å²) in [5.74, 6) is -0.439. The summed E-state index contributed by atoms with van der Waals surface area (Å²) in [5.41, 5.74) is 0. The van der Waals surface area contributed by atoms with Crippen LogP contribution < -0.4 is 4.72 Å². The molecule has 1 aliphatic rings. The van der Waals surface area contributed by atoms with Crippen molar-refractivity contribution >= 4 is 16.0 Å². The van der Waals surface area contributed by atoms with Crippen LogP contribution in [0.15, 0.2) is 35.2 Å². The molecule has 0 aliphatic heterocycles. The Labute approximate surface area is 125 Å². The average molecular weight is 311 g/mol. The van der Waals surface area contributed by atoms with Crippen LogP contribution >= 0.6 is 0 Å². The van der Waals surface area contributed by atoms with Gasteiger partial charge in [-0.25, -0.2) is 13.1 Å². The van der Waals surface area contributed by atoms with Crippen LogP contribution in [-0.2, 0) is 19.6 Å². The van der Waals surface area contributed by atoms with Gasteiger partial charge in [0.25, 0.3) is 0 Å². The molecule has 1 aromatic carbocycles. The quantitative estimate of drug-likeness (QED) is 0.844. The summed E-state index contributed by atoms with van der Waals surface area (Å²) in [5, 5.41) is 0. The first-order valence-electron chi connectivity index (χ1n) is 7.17. The second-order valence-corrected chi connectivity index (χ2v) is 7.11. The van der Waals surface area contributed by atoms with Crippen LogP contribution in [-0.4, -0.2) is 28.0 Å². The van der Waals surface area contributed by atoms with Gasteiger partial charge in [0.1, 0.15) is 0 Å². The molecule has 0 spiro atoms. The van der Waals surface area contributed by atoms with Crippen LogP contribution in [0.25, 0.3) is 0 Å². The third-order valence-corrected chi connectivity index (χ3v) is 5.44. The first kappa shape index (κ1) is 16.0. The molecule has 0 heterocycles. The minimum Gasteiger partial charge on any atom is -0.469 e. The van der Waals surface area contributed by atoms with Crippen LogP contribution in [0.2, 0.25) is 0 Å². The van der Waals surface area contributed by atoms with Gasteiger partial charge in [-0.3, -0.25) is 4.79 Å². The van der Waals surface area contributed by atoms with E-state index < -0.39 is 10.0 Å². The maximum Gasteiger partial charge on any atom is 0.308 e. The lowest BCUT2D eigenvalue weighted by atomic mass is 9.79. The molecule has 116 valence electrons. The SMILES string of the molecule is COC(=O)C1CCCCC1CNS(=O)(=O)c1ccccc1. The van der Waals surface area contributed by atoms with Crippen molar-refractivity contribution in [1.82, 2.24) is 4.72 Å². The Morgan fingerprint density at radius 2 is 1.90 bits per heavy atom. The summed E-state index contributed by atoms with van der Waals surface area (Å²) in [6, 6.07) is 8.26. The Morgan fingerprint density at radius 1 is 1.24 bits per heavy atom. The third kappa shape index (κ3) is 4.04. The van der Waals surface area contributed by atoms with Crippen molar-refractivity contribution in [3.05, 3.63) is 30.3 Å². The van der Waals surface area contributed by atoms with Gasteiger partial charge in [-0.15, -0.1) is 0 Å². The number of carbonyl (C=O) groups excluding carboxylic acids is 1. The zero-order chi connectivity index (χ0) is 15.3. The number of nitrogens with one attached hydrogen (secondary N) is 1. The van der Waals surface area contributed by atoms with E-state index in [1.165, 1.54) is 7.11 Å². The molecule has 1 aromatic rings. The standard InChI is InChI=1S/C15H21NO4S/c1-20-15(17)14-10-6-5-7-12(14)11-16-21(18,19)13-8-3-2-4-9-13/h2-4,8-9,12,14,16H,5-7,10-11H2,1H3. The van der Waals surface area contributed by atoms with Crippen molar-refractivity contribution in [2.75, 3.05) is 13.7 Å². The van der Waals surface area contributed by atoms with Gasteiger partial charge in [-0.05, 0) is 30.9 Å². The number of hydrogen-bond acceptors (Lipinski definition) is 4. The second kappa shape index (κ2) is 7.04. The van der Waals surface area contributed by atoms with E-state index in [2.05, 4.69) is 4.72 Å². The van der Waals surface area contributed by atoms with E-state index in [1.807, 2.05) is 0 Å². The molecule has 0 saturated heterocycles. The molecular weight excluding hydrogens is 290 g/mol. The van der Waals surface area contributed by atoms with Gasteiger partial charge in [0.2, 0.25) is 10.0 Å². The first-order valence-corrected chi connectivity index (χ1v) is 8.65. The molecule has 0 amide bonds. The van der Waals surface area contributed by atoms with Crippen LogP contribution in [0, 0.1) is 11.8 Å². The number of ether oxygens (including phenoxy) is 1. The van der Waals surface area contributed by atoms with Gasteiger partial charge < -0.3 is 4.74 Å². The number of methoxy groups -OCH3 is 1. The molecule has 1 saturated carbocycles. The lowest BCUT2D eigenvalue weighted by Crippen LogP contribution is -2.37. The third-order valence-electron chi connectivity index (χ3n) is 4.00. The summed E-state index contributed by atoms with van der Waals surface area (Å²) in [7, 11) is -2.14. The molecule has 6 heteroatoms. The molecule has 0 bridgehead atoms. The zero-order valence-electron chi connectivity index (χ0n) is 12.1. The number of esters is 1. The topological polar surface area (TPSA) is 72.5 Å². The largest absolute Gasteiger partial charge is 0.469 e. The minimum atomic E-state index is -3.52. The van der Waals surface area contributed by atoms with Crippen LogP contribution in [0.3, 0.4) is 0 Å². The van der Waals surface area contributed by atoms with Gasteiger partial charge in [0.15, 0.2) is 0 Å². The molecule has 0 aromatic heterocycles. The Bertz CT molecular complexity index is 571. The number of sulfonamides is 1. The van der Waals surface area contributed by atoms with E-state index in [1.54, 1.807) is 30.3 Å². The van der Waals surface area contributed by atoms with Gasteiger partial charge in [-0.2, -0.15) is 0 Å². The summed E-state index contributed by atoms with van der Waals surface area (Å²) < 4.78 is 31.8. The fourth-order valence-corrected chi connectivity index (χ4v) is 3.93. The molecule has 1 N–H and O–H groups in total. The van der Waals surface area contributed by atoms with Crippen LogP contribution in [0.4, 0.5) is 0 Å². The highest BCUT2D eigenvalue weighted by Crippen LogP contribution is 2.30. The highest BCUT2D eigenvalue weighted by molar-refractivity contribution is 7.89. The minimum absolute atomic E-state index is 0.00434. The van der Waals surface area contributed by atoms with Crippen molar-refractivity contribution in [3.8, 4) is 0 Å². The van der Waals surface area contributed by atoms with E-state index in [0.29, 0.717) is 0 Å². The molecule has 2 atom stereocenters. The molecule has 5 nitrogen and oxygen atoms in total. The highest BCUT2D eigenvalue weighted by Gasteiger charge is 2.32. The van der Waals surface area contributed by atoms with Crippen molar-refractivity contribution in [2.45, 2.75) is 30.6 Å². The zero-order valence-corrected chi connectivity index (χ0v) is 12.9. The second-order valence-electron chi connectivity index (χ2n) is 5.34. The Hall–Kier alpha value is -1.40. The predicted molar refractivity (Wildman–Crippen MR) is 79.1 cm³/mol. The number of rotatable bonds is 5. The monoisotopic (exact) mass is 311 g/mol. The maximum atomic E-state index is 12.2. The lowest BCUT2D eigenvalue weighted by molar-refractivity contribution is -0.148. The molecule has 2 rings (SSSR count). The predicted octanol–water partition coefficient (Wildman–Crippen LogP) is 1.94. The van der Waals surface area contributed by atoms with Gasteiger partial charge in [0.05, 0.1) is 17.9 Å². The Balaban J connectivity index is 2.02. The fraction of sp³-hybridized carbons (Fsp3) is 0.533. The summed E-state index contributed by atoms with van der Waals surface area (Å²) >= 11 is 0. The smallest absolute Gasteiger partial charge is 0.308 e. The average Bonchev–Trinajstić information content (AvgIpc) is 2.53. The van der Waals surface area contributed by atoms with E-state index in [4.69, 9.17) is 4.74 Å². The van der Waals surface area contributed by atoms with Crippen LogP contribution in [0.5, 0.6) is 0 Å². The Morgan fingerprint density at radius 3 is 2.57 bits per heavy atom. The maximum absolute atomic E-state index is 12.2. The van der Waals surface area contributed by atoms with Crippen LogP contribution in [0.1, 0.15) is 25.7 Å². The number of hydrogen-bond donors (Lipinski definition) is 1. The lowest BCUT2D eigenvalue weighted by Gasteiger charge is -2.29. The fourth-order valence-electron chi connectivity index (χ4n) is 2.81. The number of carbonyl (C=O) groups is 1. The first-order chi connectivity index (χ1) is 10.0. The molecule has 0 radical (unpaired) electrons. The molecule has 1 aliphatic carbocycles. The van der Waals surface area contributed by atoms with Crippen molar-refractivity contribution in [3.63, 3.8) is 0 Å². The number of benzene rings is 1. The van der Waals surface area contributed by atoms with E-state index in [0.717, 1.165) is 25.7 Å². The molecule has 2 unspecified atom stereocenters. The normalized spacial score (nSPS) is 22.7.